The van der Waals surface area contributed by atoms with Crippen LogP contribution < -0.4 is 14.8 Å². The standard InChI is InChI=1S/C23H21ClN2O3/c1-15(28-20-6-2-5-19(24)12-20)23(27)26-14-21-11-18-10-16(7-8-22(18)29-21)17-4-3-9-25-13-17/h2-10,12-13,15,21H,11,14H2,1H3,(H,26,27)/t15-,21+/m0/s1. The summed E-state index contributed by atoms with van der Waals surface area (Å²) >= 11 is 5.95. The number of amides is 1. The Morgan fingerprint density at radius 3 is 2.93 bits per heavy atom. The number of nitrogens with one attached hydrogen (secondary N) is 1. The average Bonchev–Trinajstić information content (AvgIpc) is 3.14. The number of halogens is 1. The van der Waals surface area contributed by atoms with E-state index in [1.165, 1.54) is 0 Å². The number of carbonyl (C=O) groups excluding carboxylic acids is 1. The molecule has 0 radical (unpaired) electrons. The molecule has 0 saturated carbocycles. The lowest BCUT2D eigenvalue weighted by Gasteiger charge is -2.17. The SMILES string of the molecule is C[C@H](Oc1cccc(Cl)c1)C(=O)NC[C@H]1Cc2cc(-c3cccnc3)ccc2O1. The van der Waals surface area contributed by atoms with Gasteiger partial charge in [0.15, 0.2) is 6.10 Å². The number of fused-ring (bicyclic) bond motifs is 1. The molecule has 0 spiro atoms. The van der Waals surface area contributed by atoms with Crippen LogP contribution in [0.25, 0.3) is 11.1 Å². The zero-order chi connectivity index (χ0) is 20.2. The molecule has 2 atom stereocenters. The number of rotatable bonds is 6. The number of ether oxygens (including phenoxy) is 2. The van der Waals surface area contributed by atoms with Gasteiger partial charge in [0.1, 0.15) is 17.6 Å². The van der Waals surface area contributed by atoms with E-state index >= 15 is 0 Å². The van der Waals surface area contributed by atoms with Crippen molar-refractivity contribution in [3.05, 3.63) is 77.6 Å². The molecule has 0 aliphatic carbocycles. The molecule has 1 N–H and O–H groups in total. The van der Waals surface area contributed by atoms with Crippen LogP contribution >= 0.6 is 11.6 Å². The highest BCUT2D eigenvalue weighted by molar-refractivity contribution is 6.30. The largest absolute Gasteiger partial charge is 0.488 e. The second-order valence-corrected chi connectivity index (χ2v) is 7.41. The van der Waals surface area contributed by atoms with Crippen LogP contribution in [0.1, 0.15) is 12.5 Å². The molecule has 29 heavy (non-hydrogen) atoms. The summed E-state index contributed by atoms with van der Waals surface area (Å²) < 4.78 is 11.6. The second-order valence-electron chi connectivity index (χ2n) is 6.97. The Morgan fingerprint density at radius 1 is 1.24 bits per heavy atom. The lowest BCUT2D eigenvalue weighted by atomic mass is 10.0. The van der Waals surface area contributed by atoms with Crippen molar-refractivity contribution >= 4 is 17.5 Å². The molecule has 1 amide bonds. The zero-order valence-electron chi connectivity index (χ0n) is 16.0. The lowest BCUT2D eigenvalue weighted by molar-refractivity contribution is -0.127. The van der Waals surface area contributed by atoms with Crippen molar-refractivity contribution in [1.29, 1.82) is 0 Å². The Balaban J connectivity index is 1.32. The molecule has 0 fully saturated rings. The first-order valence-corrected chi connectivity index (χ1v) is 9.86. The Labute approximate surface area is 174 Å². The minimum atomic E-state index is -0.630. The highest BCUT2D eigenvalue weighted by Gasteiger charge is 2.25. The maximum atomic E-state index is 12.4. The molecule has 0 saturated heterocycles. The fourth-order valence-electron chi connectivity index (χ4n) is 3.30. The molecule has 2 aromatic carbocycles. The average molecular weight is 409 g/mol. The molecule has 6 heteroatoms. The van der Waals surface area contributed by atoms with Crippen LogP contribution in [0.4, 0.5) is 0 Å². The molecule has 2 heterocycles. The molecule has 3 aromatic rings. The zero-order valence-corrected chi connectivity index (χ0v) is 16.7. The summed E-state index contributed by atoms with van der Waals surface area (Å²) in [6.45, 7) is 2.12. The van der Waals surface area contributed by atoms with Crippen molar-refractivity contribution < 1.29 is 14.3 Å². The molecule has 0 unspecified atom stereocenters. The van der Waals surface area contributed by atoms with E-state index in [9.17, 15) is 4.79 Å². The topological polar surface area (TPSA) is 60.5 Å². The molecule has 1 aromatic heterocycles. The van der Waals surface area contributed by atoms with Gasteiger partial charge in [0, 0.05) is 29.4 Å². The Kier molecular flexibility index (Phi) is 5.67. The lowest BCUT2D eigenvalue weighted by Crippen LogP contribution is -2.41. The van der Waals surface area contributed by atoms with Gasteiger partial charge in [-0.15, -0.1) is 0 Å². The maximum Gasteiger partial charge on any atom is 0.260 e. The van der Waals surface area contributed by atoms with E-state index in [1.807, 2.05) is 30.5 Å². The molecule has 5 nitrogen and oxygen atoms in total. The van der Waals surface area contributed by atoms with Gasteiger partial charge >= 0.3 is 0 Å². The van der Waals surface area contributed by atoms with Crippen molar-refractivity contribution in [1.82, 2.24) is 10.3 Å². The van der Waals surface area contributed by atoms with E-state index < -0.39 is 6.10 Å². The monoisotopic (exact) mass is 408 g/mol. The van der Waals surface area contributed by atoms with Gasteiger partial charge in [0.25, 0.3) is 5.91 Å². The van der Waals surface area contributed by atoms with Crippen LogP contribution in [0, 0.1) is 0 Å². The van der Waals surface area contributed by atoms with Gasteiger partial charge in [-0.05, 0) is 54.4 Å². The first kappa shape index (κ1) is 19.3. The smallest absolute Gasteiger partial charge is 0.260 e. The normalized spacial score (nSPS) is 15.9. The van der Waals surface area contributed by atoms with Gasteiger partial charge in [-0.25, -0.2) is 0 Å². The van der Waals surface area contributed by atoms with Gasteiger partial charge in [-0.2, -0.15) is 0 Å². The van der Waals surface area contributed by atoms with Gasteiger partial charge in [0.2, 0.25) is 0 Å². The third-order valence-corrected chi connectivity index (χ3v) is 5.01. The van der Waals surface area contributed by atoms with Gasteiger partial charge in [-0.1, -0.05) is 29.8 Å². The Bertz CT molecular complexity index is 1010. The van der Waals surface area contributed by atoms with Crippen molar-refractivity contribution in [2.24, 2.45) is 0 Å². The van der Waals surface area contributed by atoms with Crippen LogP contribution in [0.3, 0.4) is 0 Å². The fraction of sp³-hybridized carbons (Fsp3) is 0.217. The Morgan fingerprint density at radius 2 is 2.14 bits per heavy atom. The van der Waals surface area contributed by atoms with Gasteiger partial charge in [-0.3, -0.25) is 9.78 Å². The van der Waals surface area contributed by atoms with E-state index in [2.05, 4.69) is 16.4 Å². The number of nitrogens with zero attached hydrogens (tertiary/aromatic N) is 1. The molecule has 1 aliphatic rings. The summed E-state index contributed by atoms with van der Waals surface area (Å²) in [6.07, 6.45) is 3.62. The maximum absolute atomic E-state index is 12.4. The van der Waals surface area contributed by atoms with E-state index in [0.717, 1.165) is 28.9 Å². The fourth-order valence-corrected chi connectivity index (χ4v) is 3.48. The highest BCUT2D eigenvalue weighted by Crippen LogP contribution is 2.32. The summed E-state index contributed by atoms with van der Waals surface area (Å²) in [5.74, 6) is 1.23. The molecule has 1 aliphatic heterocycles. The first-order chi connectivity index (χ1) is 14.1. The summed E-state index contributed by atoms with van der Waals surface area (Å²) in [7, 11) is 0. The number of aromatic nitrogens is 1. The van der Waals surface area contributed by atoms with Gasteiger partial charge in [0.05, 0.1) is 6.54 Å². The first-order valence-electron chi connectivity index (χ1n) is 9.48. The summed E-state index contributed by atoms with van der Waals surface area (Å²) in [5, 5.41) is 3.48. The van der Waals surface area contributed by atoms with Crippen molar-refractivity contribution in [2.75, 3.05) is 6.54 Å². The molecular formula is C23H21ClN2O3. The van der Waals surface area contributed by atoms with Gasteiger partial charge < -0.3 is 14.8 Å². The summed E-state index contributed by atoms with van der Waals surface area (Å²) in [5.41, 5.74) is 3.31. The molecule has 0 bridgehead atoms. The predicted molar refractivity (Wildman–Crippen MR) is 112 cm³/mol. The van der Waals surface area contributed by atoms with Crippen LogP contribution in [-0.2, 0) is 11.2 Å². The number of hydrogen-bond donors (Lipinski definition) is 1. The van der Waals surface area contributed by atoms with Crippen molar-refractivity contribution in [3.63, 3.8) is 0 Å². The number of pyridine rings is 1. The third-order valence-electron chi connectivity index (χ3n) is 4.78. The van der Waals surface area contributed by atoms with E-state index in [1.54, 1.807) is 37.4 Å². The minimum Gasteiger partial charge on any atom is -0.488 e. The van der Waals surface area contributed by atoms with Crippen LogP contribution in [0.2, 0.25) is 5.02 Å². The van der Waals surface area contributed by atoms with Crippen LogP contribution in [0.5, 0.6) is 11.5 Å². The summed E-state index contributed by atoms with van der Waals surface area (Å²) in [4.78, 5) is 16.5. The third kappa shape index (κ3) is 4.69. The molecule has 4 rings (SSSR count). The summed E-state index contributed by atoms with van der Waals surface area (Å²) in [6, 6.07) is 17.1. The van der Waals surface area contributed by atoms with Crippen LogP contribution in [-0.4, -0.2) is 29.6 Å². The van der Waals surface area contributed by atoms with Crippen LogP contribution in [0.15, 0.2) is 67.0 Å². The van der Waals surface area contributed by atoms with Crippen molar-refractivity contribution in [2.45, 2.75) is 25.6 Å². The predicted octanol–water partition coefficient (Wildman–Crippen LogP) is 4.29. The second kappa shape index (κ2) is 8.53. The molecule has 148 valence electrons. The van der Waals surface area contributed by atoms with E-state index in [0.29, 0.717) is 17.3 Å². The Hall–Kier alpha value is -3.05. The number of hydrogen-bond acceptors (Lipinski definition) is 4. The minimum absolute atomic E-state index is 0.100. The van der Waals surface area contributed by atoms with E-state index in [4.69, 9.17) is 21.1 Å². The van der Waals surface area contributed by atoms with Crippen molar-refractivity contribution in [3.8, 4) is 22.6 Å². The van der Waals surface area contributed by atoms with E-state index in [-0.39, 0.29) is 12.0 Å². The quantitative estimate of drug-likeness (QED) is 0.661. The number of benzene rings is 2. The highest BCUT2D eigenvalue weighted by atomic mass is 35.5. The molecular weight excluding hydrogens is 388 g/mol. The number of carbonyl (C=O) groups is 1.